The first-order chi connectivity index (χ1) is 8.88. The van der Waals surface area contributed by atoms with Gasteiger partial charge in [0.25, 0.3) is 0 Å². The summed E-state index contributed by atoms with van der Waals surface area (Å²) in [6.45, 7) is 1.66. The van der Waals surface area contributed by atoms with Crippen LogP contribution in [0.1, 0.15) is 18.4 Å². The lowest BCUT2D eigenvalue weighted by atomic mass is 10.2. The van der Waals surface area contributed by atoms with Crippen molar-refractivity contribution in [2.75, 3.05) is 25.0 Å². The Bertz CT molecular complexity index is 448. The van der Waals surface area contributed by atoms with Crippen LogP contribution < -0.4 is 10.2 Å². The van der Waals surface area contributed by atoms with Gasteiger partial charge in [0, 0.05) is 25.8 Å². The van der Waals surface area contributed by atoms with E-state index < -0.39 is 11.7 Å². The first-order valence-corrected chi connectivity index (χ1v) is 6.43. The molecule has 1 aromatic heterocycles. The van der Waals surface area contributed by atoms with Crippen molar-refractivity contribution in [2.45, 2.75) is 25.1 Å². The third kappa shape index (κ3) is 4.14. The van der Waals surface area contributed by atoms with Crippen LogP contribution in [0.3, 0.4) is 0 Å². The van der Waals surface area contributed by atoms with Crippen molar-refractivity contribution in [3.8, 4) is 0 Å². The Morgan fingerprint density at radius 2 is 2.20 bits per heavy atom. The van der Waals surface area contributed by atoms with Gasteiger partial charge in [0.15, 0.2) is 0 Å². The third-order valence-corrected chi connectivity index (χ3v) is 3.45. The quantitative estimate of drug-likeness (QED) is 0.921. The number of halogens is 5. The summed E-state index contributed by atoms with van der Waals surface area (Å²) in [5.74, 6) is 0.378. The van der Waals surface area contributed by atoms with Gasteiger partial charge in [-0.25, -0.2) is 4.98 Å². The molecule has 0 saturated carbocycles. The number of hydrogen-bond donors (Lipinski definition) is 1. The predicted octanol–water partition coefficient (Wildman–Crippen LogP) is 3.36. The van der Waals surface area contributed by atoms with E-state index in [1.807, 2.05) is 0 Å². The maximum Gasteiger partial charge on any atom is 0.417 e. The highest BCUT2D eigenvalue weighted by Crippen LogP contribution is 2.33. The first kappa shape index (κ1) is 17.3. The lowest BCUT2D eigenvalue weighted by molar-refractivity contribution is -0.137. The van der Waals surface area contributed by atoms with E-state index in [1.54, 1.807) is 11.9 Å². The molecule has 1 saturated heterocycles. The molecule has 2 heterocycles. The molecule has 1 unspecified atom stereocenters. The number of hydrogen-bond acceptors (Lipinski definition) is 3. The fourth-order valence-corrected chi connectivity index (χ4v) is 2.51. The zero-order chi connectivity index (χ0) is 14.0. The lowest BCUT2D eigenvalue weighted by Crippen LogP contribution is -2.35. The Labute approximate surface area is 126 Å². The Morgan fingerprint density at radius 3 is 2.70 bits per heavy atom. The summed E-state index contributed by atoms with van der Waals surface area (Å²) in [6.07, 6.45) is -1.42. The van der Waals surface area contributed by atoms with Crippen LogP contribution in [0.5, 0.6) is 0 Å². The molecule has 20 heavy (non-hydrogen) atoms. The molecular weight excluding hydrogens is 314 g/mol. The SMILES string of the molecule is CN(CC1CCCN1)c1ncc(C(F)(F)F)cc1Cl.Cl. The van der Waals surface area contributed by atoms with Crippen molar-refractivity contribution in [1.29, 1.82) is 0 Å². The van der Waals surface area contributed by atoms with Crippen molar-refractivity contribution in [3.63, 3.8) is 0 Å². The van der Waals surface area contributed by atoms with Crippen LogP contribution in [-0.4, -0.2) is 31.2 Å². The van der Waals surface area contributed by atoms with E-state index in [0.717, 1.165) is 31.6 Å². The van der Waals surface area contributed by atoms with Gasteiger partial charge in [-0.2, -0.15) is 13.2 Å². The molecule has 2 rings (SSSR count). The third-order valence-electron chi connectivity index (χ3n) is 3.17. The second-order valence-electron chi connectivity index (χ2n) is 4.70. The molecule has 0 aromatic carbocycles. The van der Waals surface area contributed by atoms with Crippen molar-refractivity contribution in [2.24, 2.45) is 0 Å². The lowest BCUT2D eigenvalue weighted by Gasteiger charge is -2.23. The van der Waals surface area contributed by atoms with Crippen LogP contribution in [0, 0.1) is 0 Å². The number of nitrogens with one attached hydrogen (secondary N) is 1. The Balaban J connectivity index is 0.00000200. The molecule has 0 radical (unpaired) electrons. The zero-order valence-corrected chi connectivity index (χ0v) is 12.4. The van der Waals surface area contributed by atoms with Crippen molar-refractivity contribution < 1.29 is 13.2 Å². The first-order valence-electron chi connectivity index (χ1n) is 6.05. The maximum absolute atomic E-state index is 12.5. The van der Waals surface area contributed by atoms with Crippen LogP contribution in [0.25, 0.3) is 0 Å². The summed E-state index contributed by atoms with van der Waals surface area (Å²) in [5.41, 5.74) is -0.825. The predicted molar refractivity (Wildman–Crippen MR) is 75.8 cm³/mol. The van der Waals surface area contributed by atoms with E-state index in [-0.39, 0.29) is 17.4 Å². The highest BCUT2D eigenvalue weighted by molar-refractivity contribution is 6.33. The summed E-state index contributed by atoms with van der Waals surface area (Å²) in [6, 6.07) is 1.26. The van der Waals surface area contributed by atoms with Gasteiger partial charge in [0.1, 0.15) is 5.82 Å². The van der Waals surface area contributed by atoms with Crippen LogP contribution >= 0.6 is 24.0 Å². The van der Waals surface area contributed by atoms with Crippen molar-refractivity contribution in [1.82, 2.24) is 10.3 Å². The van der Waals surface area contributed by atoms with Crippen LogP contribution in [0.2, 0.25) is 5.02 Å². The maximum atomic E-state index is 12.5. The second kappa shape index (κ2) is 6.83. The molecule has 0 bridgehead atoms. The number of nitrogens with zero attached hydrogens (tertiary/aromatic N) is 2. The zero-order valence-electron chi connectivity index (χ0n) is 10.9. The number of likely N-dealkylation sites (N-methyl/N-ethyl adjacent to an activating group) is 1. The summed E-state index contributed by atoms with van der Waals surface area (Å²) >= 11 is 5.89. The molecule has 1 aromatic rings. The van der Waals surface area contributed by atoms with Gasteiger partial charge in [-0.15, -0.1) is 12.4 Å². The van der Waals surface area contributed by atoms with Gasteiger partial charge >= 0.3 is 6.18 Å². The van der Waals surface area contributed by atoms with E-state index in [2.05, 4.69) is 10.3 Å². The minimum atomic E-state index is -4.42. The molecule has 0 amide bonds. The summed E-state index contributed by atoms with van der Waals surface area (Å²) < 4.78 is 37.5. The minimum absolute atomic E-state index is 0. The highest BCUT2D eigenvalue weighted by atomic mass is 35.5. The molecular formula is C12H16Cl2F3N3. The fourth-order valence-electron chi connectivity index (χ4n) is 2.20. The normalized spacial score (nSPS) is 18.8. The van der Waals surface area contributed by atoms with Crippen LogP contribution in [0.15, 0.2) is 12.3 Å². The van der Waals surface area contributed by atoms with E-state index in [9.17, 15) is 13.2 Å². The molecule has 8 heteroatoms. The molecule has 0 aliphatic carbocycles. The van der Waals surface area contributed by atoms with E-state index in [0.29, 0.717) is 18.4 Å². The number of aromatic nitrogens is 1. The molecule has 1 fully saturated rings. The highest BCUT2D eigenvalue weighted by Gasteiger charge is 2.32. The van der Waals surface area contributed by atoms with E-state index in [1.165, 1.54) is 0 Å². The average molecular weight is 330 g/mol. The molecule has 114 valence electrons. The molecule has 1 aliphatic rings. The molecule has 0 spiro atoms. The Morgan fingerprint density at radius 1 is 1.50 bits per heavy atom. The molecule has 1 aliphatic heterocycles. The van der Waals surface area contributed by atoms with Gasteiger partial charge in [0.2, 0.25) is 0 Å². The Kier molecular flexibility index (Phi) is 5.91. The number of alkyl halides is 3. The summed E-state index contributed by atoms with van der Waals surface area (Å²) in [7, 11) is 1.78. The Hall–Kier alpha value is -0.720. The molecule has 1 atom stereocenters. The average Bonchev–Trinajstić information content (AvgIpc) is 2.80. The van der Waals surface area contributed by atoms with Crippen LogP contribution in [0.4, 0.5) is 19.0 Å². The standard InChI is InChI=1S/C12H15ClF3N3.ClH/c1-19(7-9-3-2-4-17-9)11-10(13)5-8(6-18-11)12(14,15)16;/h5-6,9,17H,2-4,7H2,1H3;1H. The minimum Gasteiger partial charge on any atom is -0.357 e. The fraction of sp³-hybridized carbons (Fsp3) is 0.583. The smallest absolute Gasteiger partial charge is 0.357 e. The van der Waals surface area contributed by atoms with Gasteiger partial charge in [-0.05, 0) is 25.5 Å². The monoisotopic (exact) mass is 329 g/mol. The number of anilines is 1. The van der Waals surface area contributed by atoms with Gasteiger partial charge < -0.3 is 10.2 Å². The second-order valence-corrected chi connectivity index (χ2v) is 5.11. The summed E-state index contributed by atoms with van der Waals surface area (Å²) in [4.78, 5) is 5.62. The van der Waals surface area contributed by atoms with Crippen LogP contribution in [-0.2, 0) is 6.18 Å². The van der Waals surface area contributed by atoms with Crippen molar-refractivity contribution in [3.05, 3.63) is 22.8 Å². The summed E-state index contributed by atoms with van der Waals surface area (Å²) in [5, 5.41) is 3.34. The van der Waals surface area contributed by atoms with E-state index in [4.69, 9.17) is 11.6 Å². The largest absolute Gasteiger partial charge is 0.417 e. The van der Waals surface area contributed by atoms with E-state index >= 15 is 0 Å². The van der Waals surface area contributed by atoms with Crippen molar-refractivity contribution >= 4 is 29.8 Å². The molecule has 1 N–H and O–H groups in total. The van der Waals surface area contributed by atoms with Gasteiger partial charge in [-0.3, -0.25) is 0 Å². The van der Waals surface area contributed by atoms with Gasteiger partial charge in [-0.1, -0.05) is 11.6 Å². The molecule has 3 nitrogen and oxygen atoms in total. The van der Waals surface area contributed by atoms with Gasteiger partial charge in [0.05, 0.1) is 10.6 Å². The number of pyridine rings is 1. The number of rotatable bonds is 3. The topological polar surface area (TPSA) is 28.2 Å².